The zero-order valence-corrected chi connectivity index (χ0v) is 13.9. The van der Waals surface area contributed by atoms with Gasteiger partial charge in [0.25, 0.3) is 5.91 Å². The largest absolute Gasteiger partial charge is 0.321 e. The Morgan fingerprint density at radius 2 is 1.95 bits per heavy atom. The van der Waals surface area contributed by atoms with Crippen LogP contribution in [0.1, 0.15) is 15.9 Å². The minimum absolute atomic E-state index is 0.159. The lowest BCUT2D eigenvalue weighted by molar-refractivity contribution is 0.102. The molecule has 1 amide bonds. The molecule has 0 bridgehead atoms. The summed E-state index contributed by atoms with van der Waals surface area (Å²) in [7, 11) is 0. The summed E-state index contributed by atoms with van der Waals surface area (Å²) in [5.74, 6) is -0.159. The van der Waals surface area contributed by atoms with Crippen molar-refractivity contribution >= 4 is 55.1 Å². The van der Waals surface area contributed by atoms with Crippen LogP contribution >= 0.6 is 43.5 Å². The van der Waals surface area contributed by atoms with Gasteiger partial charge in [-0.15, -0.1) is 0 Å². The number of halogens is 3. The molecule has 98 valence electrons. The maximum atomic E-state index is 12.2. The van der Waals surface area contributed by atoms with E-state index < -0.39 is 0 Å². The summed E-state index contributed by atoms with van der Waals surface area (Å²) in [4.78, 5) is 12.2. The average Bonchev–Trinajstić information content (AvgIpc) is 2.34. The van der Waals surface area contributed by atoms with Gasteiger partial charge in [-0.2, -0.15) is 0 Å². The third-order valence-corrected chi connectivity index (χ3v) is 4.52. The van der Waals surface area contributed by atoms with Crippen LogP contribution in [0.25, 0.3) is 0 Å². The topological polar surface area (TPSA) is 29.1 Å². The van der Waals surface area contributed by atoms with E-state index in [0.717, 1.165) is 10.0 Å². The van der Waals surface area contributed by atoms with Crippen molar-refractivity contribution in [3.05, 3.63) is 61.5 Å². The Morgan fingerprint density at radius 3 is 2.63 bits per heavy atom. The van der Waals surface area contributed by atoms with Gasteiger partial charge in [0, 0.05) is 10.0 Å². The van der Waals surface area contributed by atoms with E-state index in [1.54, 1.807) is 24.3 Å². The molecular formula is C14H10Br2ClNO. The highest BCUT2D eigenvalue weighted by Gasteiger charge is 2.12. The number of hydrogen-bond acceptors (Lipinski definition) is 1. The lowest BCUT2D eigenvalue weighted by Crippen LogP contribution is -2.13. The van der Waals surface area contributed by atoms with Crippen LogP contribution in [-0.2, 0) is 0 Å². The Hall–Kier alpha value is -0.840. The molecule has 2 rings (SSSR count). The van der Waals surface area contributed by atoms with Crippen LogP contribution in [0.15, 0.2) is 45.3 Å². The van der Waals surface area contributed by atoms with Crippen LogP contribution in [0.3, 0.4) is 0 Å². The van der Waals surface area contributed by atoms with E-state index in [1.807, 2.05) is 19.1 Å². The van der Waals surface area contributed by atoms with Gasteiger partial charge < -0.3 is 5.32 Å². The van der Waals surface area contributed by atoms with Crippen LogP contribution in [0.2, 0.25) is 5.02 Å². The highest BCUT2D eigenvalue weighted by Crippen LogP contribution is 2.30. The monoisotopic (exact) mass is 401 g/mol. The number of benzene rings is 2. The molecule has 2 aromatic rings. The first-order valence-electron chi connectivity index (χ1n) is 5.50. The molecule has 0 heterocycles. The smallest absolute Gasteiger partial charge is 0.255 e. The van der Waals surface area contributed by atoms with Gasteiger partial charge in [0.05, 0.1) is 15.2 Å². The number of amides is 1. The van der Waals surface area contributed by atoms with Crippen molar-refractivity contribution in [2.45, 2.75) is 6.92 Å². The summed E-state index contributed by atoms with van der Waals surface area (Å²) in [6.07, 6.45) is 0. The number of hydrogen-bond donors (Lipinski definition) is 1. The lowest BCUT2D eigenvalue weighted by atomic mass is 10.1. The third-order valence-electron chi connectivity index (χ3n) is 2.63. The quantitative estimate of drug-likeness (QED) is 0.712. The van der Waals surface area contributed by atoms with E-state index in [9.17, 15) is 4.79 Å². The first kappa shape index (κ1) is 14.6. The summed E-state index contributed by atoms with van der Waals surface area (Å²) >= 11 is 12.7. The van der Waals surface area contributed by atoms with Crippen LogP contribution < -0.4 is 5.32 Å². The van der Waals surface area contributed by atoms with Gasteiger partial charge in [-0.05, 0) is 58.7 Å². The summed E-state index contributed by atoms with van der Waals surface area (Å²) in [6.45, 7) is 1.90. The number of anilines is 1. The molecule has 0 saturated carbocycles. The number of rotatable bonds is 2. The first-order valence-corrected chi connectivity index (χ1v) is 7.47. The Morgan fingerprint density at radius 1 is 1.21 bits per heavy atom. The second-order valence-electron chi connectivity index (χ2n) is 4.01. The van der Waals surface area contributed by atoms with Crippen LogP contribution in [0.5, 0.6) is 0 Å². The van der Waals surface area contributed by atoms with Crippen molar-refractivity contribution in [3.8, 4) is 0 Å². The molecule has 19 heavy (non-hydrogen) atoms. The van der Waals surface area contributed by atoms with Gasteiger partial charge in [-0.1, -0.05) is 33.6 Å². The lowest BCUT2D eigenvalue weighted by Gasteiger charge is -2.10. The zero-order valence-electron chi connectivity index (χ0n) is 10.0. The normalized spacial score (nSPS) is 10.3. The van der Waals surface area contributed by atoms with E-state index >= 15 is 0 Å². The number of nitrogens with one attached hydrogen (secondary N) is 1. The highest BCUT2D eigenvalue weighted by atomic mass is 79.9. The molecule has 0 aliphatic carbocycles. The minimum atomic E-state index is -0.159. The molecule has 1 N–H and O–H groups in total. The molecule has 0 radical (unpaired) electrons. The van der Waals surface area contributed by atoms with Gasteiger partial charge in [0.2, 0.25) is 0 Å². The van der Waals surface area contributed by atoms with E-state index in [1.165, 1.54) is 0 Å². The summed E-state index contributed by atoms with van der Waals surface area (Å²) in [5, 5.41) is 3.40. The van der Waals surface area contributed by atoms with Crippen LogP contribution in [0.4, 0.5) is 5.69 Å². The maximum Gasteiger partial charge on any atom is 0.255 e. The van der Waals surface area contributed by atoms with Crippen molar-refractivity contribution in [3.63, 3.8) is 0 Å². The molecule has 0 atom stereocenters. The van der Waals surface area contributed by atoms with Gasteiger partial charge in [-0.3, -0.25) is 4.79 Å². The van der Waals surface area contributed by atoms with Gasteiger partial charge in [0.1, 0.15) is 0 Å². The molecule has 2 nitrogen and oxygen atoms in total. The Bertz CT molecular complexity index is 643. The number of aryl methyl sites for hydroxylation is 1. The van der Waals surface area contributed by atoms with Gasteiger partial charge in [0.15, 0.2) is 0 Å². The summed E-state index contributed by atoms with van der Waals surface area (Å²) in [6, 6.07) is 10.9. The maximum absolute atomic E-state index is 12.2. The SMILES string of the molecule is Cc1cc(Br)ccc1C(=O)Nc1cccc(Cl)c1Br. The molecule has 0 aliphatic heterocycles. The molecule has 0 fully saturated rings. The van der Waals surface area contributed by atoms with Gasteiger partial charge in [-0.25, -0.2) is 0 Å². The van der Waals surface area contributed by atoms with Crippen molar-refractivity contribution in [2.24, 2.45) is 0 Å². The zero-order chi connectivity index (χ0) is 14.0. The molecule has 2 aromatic carbocycles. The van der Waals surface area contributed by atoms with Crippen LogP contribution in [0, 0.1) is 6.92 Å². The van der Waals surface area contributed by atoms with E-state index in [4.69, 9.17) is 11.6 Å². The van der Waals surface area contributed by atoms with E-state index in [2.05, 4.69) is 37.2 Å². The Kier molecular flexibility index (Phi) is 4.66. The van der Waals surface area contributed by atoms with E-state index in [-0.39, 0.29) is 5.91 Å². The molecule has 0 unspecified atom stereocenters. The predicted molar refractivity (Wildman–Crippen MR) is 86.0 cm³/mol. The minimum Gasteiger partial charge on any atom is -0.321 e. The summed E-state index contributed by atoms with van der Waals surface area (Å²) in [5.41, 5.74) is 2.19. The fourth-order valence-electron chi connectivity index (χ4n) is 1.67. The summed E-state index contributed by atoms with van der Waals surface area (Å²) < 4.78 is 1.63. The Labute approximate surface area is 133 Å². The van der Waals surface area contributed by atoms with Crippen molar-refractivity contribution < 1.29 is 4.79 Å². The first-order chi connectivity index (χ1) is 8.99. The third kappa shape index (κ3) is 3.38. The van der Waals surface area contributed by atoms with Gasteiger partial charge >= 0.3 is 0 Å². The van der Waals surface area contributed by atoms with Crippen molar-refractivity contribution in [1.29, 1.82) is 0 Å². The molecule has 5 heteroatoms. The Balaban J connectivity index is 2.28. The van der Waals surface area contributed by atoms with Crippen molar-refractivity contribution in [2.75, 3.05) is 5.32 Å². The molecule has 0 spiro atoms. The second-order valence-corrected chi connectivity index (χ2v) is 6.13. The fourth-order valence-corrected chi connectivity index (χ4v) is 2.69. The van der Waals surface area contributed by atoms with E-state index in [0.29, 0.717) is 20.7 Å². The van der Waals surface area contributed by atoms with Crippen LogP contribution in [-0.4, -0.2) is 5.91 Å². The number of carbonyl (C=O) groups is 1. The molecular weight excluding hydrogens is 393 g/mol. The fraction of sp³-hybridized carbons (Fsp3) is 0.0714. The molecule has 0 saturated heterocycles. The molecule has 0 aliphatic rings. The standard InChI is InChI=1S/C14H10Br2ClNO/c1-8-7-9(15)5-6-10(8)14(19)18-12-4-2-3-11(17)13(12)16/h2-7H,1H3,(H,18,19). The molecule has 0 aromatic heterocycles. The average molecular weight is 404 g/mol. The second kappa shape index (κ2) is 6.07. The highest BCUT2D eigenvalue weighted by molar-refractivity contribution is 9.11. The number of carbonyl (C=O) groups excluding carboxylic acids is 1. The predicted octanol–water partition coefficient (Wildman–Crippen LogP) is 5.43. The van der Waals surface area contributed by atoms with Crippen molar-refractivity contribution in [1.82, 2.24) is 0 Å².